The number of thioether (sulfide) groups is 1. The molecule has 1 atom stereocenters. The number of fused-ring (bicyclic) bond motifs is 1. The van der Waals surface area contributed by atoms with Gasteiger partial charge in [0, 0.05) is 23.4 Å². The number of aromatic carboxylic acids is 1. The SMILES string of the molecule is O=C(O)c1ccc(SCC2COc3ccccc32)nc1. The normalized spacial score (nSPS) is 16.5. The van der Waals surface area contributed by atoms with Gasteiger partial charge in [-0.25, -0.2) is 9.78 Å². The van der Waals surface area contributed by atoms with Crippen molar-refractivity contribution in [3.63, 3.8) is 0 Å². The Morgan fingerprint density at radius 2 is 2.20 bits per heavy atom. The summed E-state index contributed by atoms with van der Waals surface area (Å²) in [6.45, 7) is 0.694. The summed E-state index contributed by atoms with van der Waals surface area (Å²) < 4.78 is 5.64. The average Bonchev–Trinajstić information content (AvgIpc) is 2.89. The highest BCUT2D eigenvalue weighted by atomic mass is 32.2. The molecule has 0 aliphatic carbocycles. The number of para-hydroxylation sites is 1. The number of carboxylic acids is 1. The van der Waals surface area contributed by atoms with Crippen LogP contribution in [-0.4, -0.2) is 28.4 Å². The van der Waals surface area contributed by atoms with Crippen LogP contribution in [0, 0.1) is 0 Å². The van der Waals surface area contributed by atoms with Gasteiger partial charge in [0.15, 0.2) is 0 Å². The fourth-order valence-electron chi connectivity index (χ4n) is 2.15. The molecule has 1 aliphatic rings. The molecule has 3 rings (SSSR count). The van der Waals surface area contributed by atoms with Crippen LogP contribution in [0.2, 0.25) is 0 Å². The molecule has 102 valence electrons. The topological polar surface area (TPSA) is 59.4 Å². The van der Waals surface area contributed by atoms with Gasteiger partial charge in [-0.05, 0) is 18.2 Å². The zero-order valence-corrected chi connectivity index (χ0v) is 11.5. The van der Waals surface area contributed by atoms with Crippen LogP contribution in [-0.2, 0) is 0 Å². The standard InChI is InChI=1S/C15H13NO3S/c17-15(18)10-5-6-14(16-7-10)20-9-11-8-19-13-4-2-1-3-12(11)13/h1-7,11H,8-9H2,(H,17,18). The Hall–Kier alpha value is -2.01. The van der Waals surface area contributed by atoms with Crippen LogP contribution in [0.3, 0.4) is 0 Å². The summed E-state index contributed by atoms with van der Waals surface area (Å²) >= 11 is 1.62. The van der Waals surface area contributed by atoms with Gasteiger partial charge in [-0.15, -0.1) is 11.8 Å². The third-order valence-electron chi connectivity index (χ3n) is 3.21. The first-order valence-electron chi connectivity index (χ1n) is 6.28. The second-order valence-electron chi connectivity index (χ2n) is 4.55. The van der Waals surface area contributed by atoms with Crippen LogP contribution >= 0.6 is 11.8 Å². The van der Waals surface area contributed by atoms with E-state index in [1.807, 2.05) is 18.2 Å². The molecule has 5 heteroatoms. The Morgan fingerprint density at radius 3 is 2.95 bits per heavy atom. The third kappa shape index (κ3) is 2.63. The van der Waals surface area contributed by atoms with Crippen molar-refractivity contribution in [1.29, 1.82) is 0 Å². The third-order valence-corrected chi connectivity index (χ3v) is 4.32. The van der Waals surface area contributed by atoms with Crippen molar-refractivity contribution in [1.82, 2.24) is 4.98 Å². The van der Waals surface area contributed by atoms with Crippen LogP contribution in [0.25, 0.3) is 0 Å². The van der Waals surface area contributed by atoms with Crippen LogP contribution in [0.15, 0.2) is 47.6 Å². The van der Waals surface area contributed by atoms with Crippen molar-refractivity contribution in [2.45, 2.75) is 10.9 Å². The second-order valence-corrected chi connectivity index (χ2v) is 5.59. The highest BCUT2D eigenvalue weighted by Crippen LogP contribution is 2.36. The van der Waals surface area contributed by atoms with E-state index >= 15 is 0 Å². The Bertz CT molecular complexity index is 627. The molecule has 2 aromatic rings. The quantitative estimate of drug-likeness (QED) is 0.876. The summed E-state index contributed by atoms with van der Waals surface area (Å²) in [5.41, 5.74) is 1.45. The summed E-state index contributed by atoms with van der Waals surface area (Å²) in [5.74, 6) is 1.24. The molecular formula is C15H13NO3S. The molecule has 0 saturated heterocycles. The Kier molecular flexibility index (Phi) is 3.60. The first kappa shape index (κ1) is 13.0. The molecule has 0 saturated carbocycles. The minimum Gasteiger partial charge on any atom is -0.493 e. The smallest absolute Gasteiger partial charge is 0.337 e. The summed E-state index contributed by atoms with van der Waals surface area (Å²) in [5, 5.41) is 9.66. The number of carboxylic acid groups (broad SMARTS) is 1. The predicted octanol–water partition coefficient (Wildman–Crippen LogP) is 3.05. The van der Waals surface area contributed by atoms with Gasteiger partial charge in [-0.3, -0.25) is 0 Å². The Labute approximate surface area is 120 Å². The van der Waals surface area contributed by atoms with Crippen molar-refractivity contribution in [2.24, 2.45) is 0 Å². The summed E-state index contributed by atoms with van der Waals surface area (Å²) in [6, 6.07) is 11.4. The number of ether oxygens (including phenoxy) is 1. The molecule has 2 heterocycles. The Morgan fingerprint density at radius 1 is 1.35 bits per heavy atom. The fourth-order valence-corrected chi connectivity index (χ4v) is 3.08. The molecule has 0 amide bonds. The fraction of sp³-hybridized carbons (Fsp3) is 0.200. The second kappa shape index (κ2) is 5.54. The number of hydrogen-bond acceptors (Lipinski definition) is 4. The summed E-state index contributed by atoms with van der Waals surface area (Å²) in [4.78, 5) is 14.9. The molecule has 1 aromatic heterocycles. The van der Waals surface area contributed by atoms with E-state index < -0.39 is 5.97 Å². The minimum absolute atomic E-state index is 0.212. The number of nitrogens with zero attached hydrogens (tertiary/aromatic N) is 1. The zero-order chi connectivity index (χ0) is 13.9. The maximum atomic E-state index is 10.8. The lowest BCUT2D eigenvalue weighted by molar-refractivity contribution is 0.0696. The number of pyridine rings is 1. The lowest BCUT2D eigenvalue weighted by Gasteiger charge is -2.07. The maximum Gasteiger partial charge on any atom is 0.337 e. The number of benzene rings is 1. The van der Waals surface area contributed by atoms with Gasteiger partial charge in [0.25, 0.3) is 0 Å². The van der Waals surface area contributed by atoms with E-state index in [0.717, 1.165) is 16.5 Å². The summed E-state index contributed by atoms with van der Waals surface area (Å²) in [7, 11) is 0. The van der Waals surface area contributed by atoms with E-state index in [4.69, 9.17) is 9.84 Å². The first-order chi connectivity index (χ1) is 9.74. The highest BCUT2D eigenvalue weighted by molar-refractivity contribution is 7.99. The van der Waals surface area contributed by atoms with Crippen LogP contribution < -0.4 is 4.74 Å². The van der Waals surface area contributed by atoms with E-state index in [0.29, 0.717) is 12.5 Å². The van der Waals surface area contributed by atoms with Crippen molar-refractivity contribution in [3.8, 4) is 5.75 Å². The Balaban J connectivity index is 1.64. The number of hydrogen-bond donors (Lipinski definition) is 1. The highest BCUT2D eigenvalue weighted by Gasteiger charge is 2.23. The van der Waals surface area contributed by atoms with Crippen molar-refractivity contribution >= 4 is 17.7 Å². The number of rotatable bonds is 4. The zero-order valence-electron chi connectivity index (χ0n) is 10.7. The van der Waals surface area contributed by atoms with Crippen molar-refractivity contribution in [3.05, 3.63) is 53.7 Å². The molecule has 4 nitrogen and oxygen atoms in total. The van der Waals surface area contributed by atoms with Gasteiger partial charge in [-0.1, -0.05) is 18.2 Å². The lowest BCUT2D eigenvalue weighted by Crippen LogP contribution is -2.04. The predicted molar refractivity (Wildman–Crippen MR) is 76.6 cm³/mol. The van der Waals surface area contributed by atoms with Gasteiger partial charge < -0.3 is 9.84 Å². The van der Waals surface area contributed by atoms with Gasteiger partial charge in [0.05, 0.1) is 17.2 Å². The molecule has 20 heavy (non-hydrogen) atoms. The van der Waals surface area contributed by atoms with Crippen molar-refractivity contribution in [2.75, 3.05) is 12.4 Å². The van der Waals surface area contributed by atoms with Gasteiger partial charge >= 0.3 is 5.97 Å². The maximum absolute atomic E-state index is 10.8. The molecule has 0 bridgehead atoms. The van der Waals surface area contributed by atoms with E-state index in [9.17, 15) is 4.79 Å². The van der Waals surface area contributed by atoms with Gasteiger partial charge in [-0.2, -0.15) is 0 Å². The van der Waals surface area contributed by atoms with Crippen LogP contribution in [0.1, 0.15) is 21.8 Å². The van der Waals surface area contributed by atoms with E-state index in [1.165, 1.54) is 11.8 Å². The largest absolute Gasteiger partial charge is 0.493 e. The van der Waals surface area contributed by atoms with E-state index in [-0.39, 0.29) is 5.56 Å². The lowest BCUT2D eigenvalue weighted by atomic mass is 10.0. The number of carbonyl (C=O) groups is 1. The van der Waals surface area contributed by atoms with Crippen LogP contribution in [0.5, 0.6) is 5.75 Å². The minimum atomic E-state index is -0.952. The first-order valence-corrected chi connectivity index (χ1v) is 7.26. The monoisotopic (exact) mass is 287 g/mol. The van der Waals surface area contributed by atoms with E-state index in [1.54, 1.807) is 23.9 Å². The van der Waals surface area contributed by atoms with Crippen molar-refractivity contribution < 1.29 is 14.6 Å². The molecule has 0 radical (unpaired) electrons. The molecule has 0 fully saturated rings. The van der Waals surface area contributed by atoms with Gasteiger partial charge in [0.1, 0.15) is 5.75 Å². The average molecular weight is 287 g/mol. The van der Waals surface area contributed by atoms with E-state index in [2.05, 4.69) is 11.1 Å². The molecule has 1 N–H and O–H groups in total. The molecule has 0 spiro atoms. The molecular weight excluding hydrogens is 274 g/mol. The molecule has 1 aromatic carbocycles. The van der Waals surface area contributed by atoms with Crippen LogP contribution in [0.4, 0.5) is 0 Å². The molecule has 1 unspecified atom stereocenters. The molecule has 1 aliphatic heterocycles. The van der Waals surface area contributed by atoms with Gasteiger partial charge in [0.2, 0.25) is 0 Å². The number of aromatic nitrogens is 1. The summed E-state index contributed by atoms with van der Waals surface area (Å²) in [6.07, 6.45) is 1.39.